The third-order valence-corrected chi connectivity index (χ3v) is 9.01. The molecule has 5 aromatic rings. The van der Waals surface area contributed by atoms with Crippen LogP contribution >= 0.6 is 11.8 Å². The number of ketones is 1. The van der Waals surface area contributed by atoms with Gasteiger partial charge in [0.1, 0.15) is 11.2 Å². The van der Waals surface area contributed by atoms with Crippen molar-refractivity contribution in [3.8, 4) is 11.1 Å². The van der Waals surface area contributed by atoms with Gasteiger partial charge < -0.3 is 13.7 Å². The van der Waals surface area contributed by atoms with Crippen LogP contribution in [-0.4, -0.2) is 38.6 Å². The first-order valence-electron chi connectivity index (χ1n) is 12.4. The van der Waals surface area contributed by atoms with Crippen LogP contribution in [0.15, 0.2) is 85.5 Å². The van der Waals surface area contributed by atoms with Crippen molar-refractivity contribution in [1.82, 2.24) is 14.1 Å². The molecule has 0 radical (unpaired) electrons. The Labute approximate surface area is 278 Å². The summed E-state index contributed by atoms with van der Waals surface area (Å²) in [7, 11) is -4.36. The van der Waals surface area contributed by atoms with Crippen LogP contribution in [0.25, 0.3) is 22.0 Å². The molecule has 0 aliphatic carbocycles. The van der Waals surface area contributed by atoms with Gasteiger partial charge in [-0.15, -0.1) is 11.8 Å². The number of benzene rings is 2. The third-order valence-electron chi connectivity index (χ3n) is 6.97. The minimum atomic E-state index is -4.36. The molecular formula is C29H23FKN3O4S2. The maximum Gasteiger partial charge on any atom is 1.00 e. The second kappa shape index (κ2) is 12.0. The van der Waals surface area contributed by atoms with E-state index in [1.165, 1.54) is 12.1 Å². The number of rotatable bonds is 8. The van der Waals surface area contributed by atoms with Gasteiger partial charge in [0.2, 0.25) is 0 Å². The van der Waals surface area contributed by atoms with Gasteiger partial charge in [-0.1, -0.05) is 30.3 Å². The predicted molar refractivity (Wildman–Crippen MR) is 148 cm³/mol. The number of halogens is 1. The van der Waals surface area contributed by atoms with Crippen LogP contribution < -0.4 is 51.4 Å². The maximum atomic E-state index is 13.9. The van der Waals surface area contributed by atoms with E-state index >= 15 is 0 Å². The number of pyridine rings is 1. The van der Waals surface area contributed by atoms with Crippen LogP contribution in [0.1, 0.15) is 39.0 Å². The molecule has 1 aliphatic rings. The molecule has 2 aromatic carbocycles. The van der Waals surface area contributed by atoms with Crippen LogP contribution in [0.4, 0.5) is 4.39 Å². The molecule has 40 heavy (non-hydrogen) atoms. The molecule has 11 heteroatoms. The van der Waals surface area contributed by atoms with Crippen LogP contribution in [0, 0.1) is 5.82 Å². The summed E-state index contributed by atoms with van der Waals surface area (Å²) in [5.41, 5.74) is 5.51. The van der Waals surface area contributed by atoms with Crippen molar-refractivity contribution < 1.29 is 73.5 Å². The second-order valence-corrected chi connectivity index (χ2v) is 12.0. The van der Waals surface area contributed by atoms with E-state index in [4.69, 9.17) is 0 Å². The van der Waals surface area contributed by atoms with Gasteiger partial charge >= 0.3 is 51.4 Å². The van der Waals surface area contributed by atoms with Crippen molar-refractivity contribution in [3.63, 3.8) is 0 Å². The predicted octanol–water partition coefficient (Wildman–Crippen LogP) is 2.61. The minimum absolute atomic E-state index is 0. The van der Waals surface area contributed by atoms with Crippen LogP contribution in [0.3, 0.4) is 0 Å². The summed E-state index contributed by atoms with van der Waals surface area (Å²) in [6.45, 7) is 0.255. The van der Waals surface area contributed by atoms with Gasteiger partial charge in [0.25, 0.3) is 0 Å². The molecular weight excluding hydrogens is 577 g/mol. The van der Waals surface area contributed by atoms with E-state index in [9.17, 15) is 22.2 Å². The molecule has 4 heterocycles. The number of aromatic nitrogens is 3. The number of fused-ring (bicyclic) bond motifs is 2. The minimum Gasteiger partial charge on any atom is -0.748 e. The van der Waals surface area contributed by atoms with Gasteiger partial charge in [-0.05, 0) is 47.9 Å². The first-order valence-corrected chi connectivity index (χ1v) is 15.0. The van der Waals surface area contributed by atoms with Crippen LogP contribution in [0.5, 0.6) is 0 Å². The molecule has 198 valence electrons. The van der Waals surface area contributed by atoms with Crippen molar-refractivity contribution in [2.24, 2.45) is 0 Å². The standard InChI is InChI=1S/C29H24FN3O4S2.K/c30-22-7-4-19(5-8-22)20-6-9-23-25(17-32(26(23)15-20)12-2-14-39(35,36)37)28(34)24-10-13-33-27(24)18-38-29(33)21-3-1-11-31-16-21;/h1,3-11,13,15-17,29H,2,12,14,18H2,(H,35,36,37);/q;+1/p-1/t29-;/m1./s1. The van der Waals surface area contributed by atoms with Crippen molar-refractivity contribution in [1.29, 1.82) is 0 Å². The summed E-state index contributed by atoms with van der Waals surface area (Å²) in [6.07, 6.45) is 7.37. The summed E-state index contributed by atoms with van der Waals surface area (Å²) in [5.74, 6) is -0.263. The molecule has 3 aromatic heterocycles. The van der Waals surface area contributed by atoms with Crippen molar-refractivity contribution in [3.05, 3.63) is 114 Å². The van der Waals surface area contributed by atoms with Crippen molar-refractivity contribution in [2.75, 3.05) is 5.75 Å². The fourth-order valence-corrected chi connectivity index (χ4v) is 6.91. The maximum absolute atomic E-state index is 13.9. The molecule has 0 unspecified atom stereocenters. The largest absolute Gasteiger partial charge is 1.00 e. The monoisotopic (exact) mass is 599 g/mol. The van der Waals surface area contributed by atoms with E-state index in [2.05, 4.69) is 9.55 Å². The summed E-state index contributed by atoms with van der Waals surface area (Å²) in [5, 5.41) is 0.772. The zero-order chi connectivity index (χ0) is 27.1. The van der Waals surface area contributed by atoms with E-state index in [1.807, 2.05) is 53.4 Å². The van der Waals surface area contributed by atoms with E-state index in [0.717, 1.165) is 33.3 Å². The van der Waals surface area contributed by atoms with Gasteiger partial charge in [-0.3, -0.25) is 9.78 Å². The van der Waals surface area contributed by atoms with Gasteiger partial charge in [-0.2, -0.15) is 0 Å². The van der Waals surface area contributed by atoms with E-state index in [0.29, 0.717) is 16.9 Å². The first kappa shape index (κ1) is 29.4. The van der Waals surface area contributed by atoms with Gasteiger partial charge in [-0.25, -0.2) is 12.8 Å². The molecule has 0 spiro atoms. The number of nitrogens with zero attached hydrogens (tertiary/aromatic N) is 3. The topological polar surface area (TPSA) is 97.0 Å². The molecule has 0 amide bonds. The fourth-order valence-electron chi connectivity index (χ4n) is 5.11. The Hall–Kier alpha value is -2.09. The second-order valence-electron chi connectivity index (χ2n) is 9.45. The first-order chi connectivity index (χ1) is 18.8. The van der Waals surface area contributed by atoms with E-state index in [-0.39, 0.29) is 81.3 Å². The van der Waals surface area contributed by atoms with Gasteiger partial charge in [0.05, 0.1) is 10.1 Å². The number of hydrogen-bond acceptors (Lipinski definition) is 6. The molecule has 0 fully saturated rings. The van der Waals surface area contributed by atoms with Gasteiger partial charge in [0, 0.05) is 76.1 Å². The number of aryl methyl sites for hydroxylation is 1. The molecule has 0 saturated heterocycles. The molecule has 1 aliphatic heterocycles. The normalized spacial score (nSPS) is 14.7. The molecule has 6 rings (SSSR count). The van der Waals surface area contributed by atoms with E-state index < -0.39 is 15.9 Å². The quantitative estimate of drug-likeness (QED) is 0.155. The zero-order valence-corrected chi connectivity index (χ0v) is 26.4. The fraction of sp³-hybridized carbons (Fsp3) is 0.172. The Morgan fingerprint density at radius 1 is 1.07 bits per heavy atom. The molecule has 1 atom stereocenters. The summed E-state index contributed by atoms with van der Waals surface area (Å²) in [4.78, 5) is 18.2. The average molecular weight is 600 g/mol. The Kier molecular flexibility index (Phi) is 8.84. The third kappa shape index (κ3) is 5.93. The number of hydrogen-bond donors (Lipinski definition) is 0. The number of carbonyl (C=O) groups excluding carboxylic acids is 1. The Morgan fingerprint density at radius 2 is 1.85 bits per heavy atom. The SMILES string of the molecule is O=C(c1ccn2c1CS[C@@H]2c1cccnc1)c1cn(CCCS(=O)(=O)[O-])c2cc(-c3ccc(F)cc3)ccc12.[K+]. The van der Waals surface area contributed by atoms with Crippen molar-refractivity contribution >= 4 is 38.6 Å². The molecule has 0 N–H and O–H groups in total. The average Bonchev–Trinajstić information content (AvgIpc) is 3.62. The zero-order valence-electron chi connectivity index (χ0n) is 21.7. The number of thioether (sulfide) groups is 1. The molecule has 7 nitrogen and oxygen atoms in total. The van der Waals surface area contributed by atoms with Crippen LogP contribution in [-0.2, 0) is 22.4 Å². The Balaban J connectivity index is 0.00000323. The molecule has 0 bridgehead atoms. The molecule has 0 saturated carbocycles. The smallest absolute Gasteiger partial charge is 0.748 e. The number of carbonyl (C=O) groups is 1. The van der Waals surface area contributed by atoms with Crippen LogP contribution in [0.2, 0.25) is 0 Å². The van der Waals surface area contributed by atoms with E-state index in [1.54, 1.807) is 36.3 Å². The van der Waals surface area contributed by atoms with Gasteiger partial charge in [0.15, 0.2) is 5.78 Å². The van der Waals surface area contributed by atoms with Crippen molar-refractivity contribution in [2.45, 2.75) is 24.1 Å². The summed E-state index contributed by atoms with van der Waals surface area (Å²) >= 11 is 1.73. The Bertz CT molecular complexity index is 1800. The summed E-state index contributed by atoms with van der Waals surface area (Å²) in [6, 6.07) is 17.6. The summed E-state index contributed by atoms with van der Waals surface area (Å²) < 4.78 is 51.0. The Morgan fingerprint density at radius 3 is 2.58 bits per heavy atom.